The van der Waals surface area contributed by atoms with Gasteiger partial charge in [-0.1, -0.05) is 13.8 Å². The average Bonchev–Trinajstić information content (AvgIpc) is 3.32. The van der Waals surface area contributed by atoms with Gasteiger partial charge in [0.2, 0.25) is 15.9 Å². The number of rotatable bonds is 8. The molecule has 0 aliphatic heterocycles. The molecular weight excluding hydrogens is 316 g/mol. The number of nitrogens with one attached hydrogen (secondary N) is 2. The Morgan fingerprint density at radius 2 is 1.87 bits per heavy atom. The van der Waals surface area contributed by atoms with Crippen LogP contribution in [0.15, 0.2) is 29.2 Å². The SMILES string of the molecule is CC(C)C(=O)Nc1ccc(S(=O)(=O)NCC[C@H](O)C2CC2)cc1. The van der Waals surface area contributed by atoms with Gasteiger partial charge < -0.3 is 10.4 Å². The Balaban J connectivity index is 1.90. The number of benzene rings is 1. The standard InChI is InChI=1S/C16H24N2O4S/c1-11(2)16(20)18-13-5-7-14(8-6-13)23(21,22)17-10-9-15(19)12-3-4-12/h5-8,11-12,15,17,19H,3-4,9-10H2,1-2H3,(H,18,20)/t15-/m0/s1. The summed E-state index contributed by atoms with van der Waals surface area (Å²) < 4.78 is 26.8. The van der Waals surface area contributed by atoms with Crippen molar-refractivity contribution in [3.8, 4) is 0 Å². The summed E-state index contributed by atoms with van der Waals surface area (Å²) in [6.45, 7) is 3.79. The van der Waals surface area contributed by atoms with E-state index in [9.17, 15) is 18.3 Å². The molecule has 0 aromatic heterocycles. The first-order chi connectivity index (χ1) is 10.8. The highest BCUT2D eigenvalue weighted by Gasteiger charge is 2.29. The molecule has 0 unspecified atom stereocenters. The van der Waals surface area contributed by atoms with Crippen molar-refractivity contribution < 1.29 is 18.3 Å². The lowest BCUT2D eigenvalue weighted by Crippen LogP contribution is -2.28. The van der Waals surface area contributed by atoms with E-state index in [2.05, 4.69) is 10.0 Å². The molecule has 1 amide bonds. The number of amides is 1. The lowest BCUT2D eigenvalue weighted by Gasteiger charge is -2.11. The van der Waals surface area contributed by atoms with E-state index in [4.69, 9.17) is 0 Å². The maximum atomic E-state index is 12.2. The van der Waals surface area contributed by atoms with Gasteiger partial charge in [-0.3, -0.25) is 4.79 Å². The summed E-state index contributed by atoms with van der Waals surface area (Å²) in [6, 6.07) is 6.03. The van der Waals surface area contributed by atoms with Crippen LogP contribution in [-0.4, -0.2) is 32.1 Å². The van der Waals surface area contributed by atoms with E-state index in [1.54, 1.807) is 26.0 Å². The van der Waals surface area contributed by atoms with Gasteiger partial charge in [0.1, 0.15) is 0 Å². The van der Waals surface area contributed by atoms with Crippen LogP contribution in [0.2, 0.25) is 0 Å². The van der Waals surface area contributed by atoms with Crippen molar-refractivity contribution in [1.82, 2.24) is 4.72 Å². The second kappa shape index (κ2) is 7.42. The third kappa shape index (κ3) is 5.30. The van der Waals surface area contributed by atoms with Gasteiger partial charge in [0.05, 0.1) is 11.0 Å². The fraction of sp³-hybridized carbons (Fsp3) is 0.562. The first-order valence-electron chi connectivity index (χ1n) is 7.88. The van der Waals surface area contributed by atoms with Crippen molar-refractivity contribution in [2.24, 2.45) is 11.8 Å². The predicted octanol–water partition coefficient (Wildman–Crippen LogP) is 1.72. The molecule has 1 fully saturated rings. The zero-order valence-corrected chi connectivity index (χ0v) is 14.3. The van der Waals surface area contributed by atoms with Gasteiger partial charge in [0, 0.05) is 18.2 Å². The maximum absolute atomic E-state index is 12.2. The van der Waals surface area contributed by atoms with Gasteiger partial charge in [-0.2, -0.15) is 0 Å². The molecule has 0 spiro atoms. The Morgan fingerprint density at radius 1 is 1.26 bits per heavy atom. The van der Waals surface area contributed by atoms with Crippen LogP contribution in [0.4, 0.5) is 5.69 Å². The number of carbonyl (C=O) groups is 1. The molecule has 0 bridgehead atoms. The second-order valence-electron chi connectivity index (χ2n) is 6.26. The molecule has 2 rings (SSSR count). The third-order valence-electron chi connectivity index (χ3n) is 3.85. The van der Waals surface area contributed by atoms with Gasteiger partial charge in [-0.25, -0.2) is 13.1 Å². The molecule has 1 atom stereocenters. The summed E-state index contributed by atoms with van der Waals surface area (Å²) in [5, 5.41) is 12.5. The zero-order valence-electron chi connectivity index (χ0n) is 13.5. The maximum Gasteiger partial charge on any atom is 0.240 e. The van der Waals surface area contributed by atoms with E-state index in [0.717, 1.165) is 12.8 Å². The minimum atomic E-state index is -3.60. The summed E-state index contributed by atoms with van der Waals surface area (Å²) in [6.07, 6.45) is 2.05. The van der Waals surface area contributed by atoms with Crippen LogP contribution >= 0.6 is 0 Å². The number of hydrogen-bond acceptors (Lipinski definition) is 4. The molecule has 6 nitrogen and oxygen atoms in total. The molecule has 7 heteroatoms. The van der Waals surface area contributed by atoms with Crippen molar-refractivity contribution >= 4 is 21.6 Å². The molecular formula is C16H24N2O4S. The zero-order chi connectivity index (χ0) is 17.0. The Kier molecular flexibility index (Phi) is 5.78. The van der Waals surface area contributed by atoms with E-state index in [1.807, 2.05) is 0 Å². The quantitative estimate of drug-likeness (QED) is 0.671. The van der Waals surface area contributed by atoms with Gasteiger partial charge >= 0.3 is 0 Å². The first kappa shape index (κ1) is 17.9. The van der Waals surface area contributed by atoms with Gasteiger partial charge in [-0.15, -0.1) is 0 Å². The molecule has 0 radical (unpaired) electrons. The van der Waals surface area contributed by atoms with Crippen LogP contribution in [-0.2, 0) is 14.8 Å². The Bertz CT molecular complexity index is 637. The molecule has 1 aliphatic rings. The van der Waals surface area contributed by atoms with Gasteiger partial charge in [0.25, 0.3) is 0 Å². The number of sulfonamides is 1. The fourth-order valence-corrected chi connectivity index (χ4v) is 3.19. The van der Waals surface area contributed by atoms with Crippen LogP contribution in [0.3, 0.4) is 0 Å². The lowest BCUT2D eigenvalue weighted by atomic mass is 10.2. The minimum absolute atomic E-state index is 0.118. The smallest absolute Gasteiger partial charge is 0.240 e. The molecule has 1 aromatic carbocycles. The number of anilines is 1. The van der Waals surface area contributed by atoms with E-state index in [-0.39, 0.29) is 23.3 Å². The minimum Gasteiger partial charge on any atom is -0.393 e. The number of aliphatic hydroxyl groups is 1. The van der Waals surface area contributed by atoms with Crippen LogP contribution in [0.5, 0.6) is 0 Å². The topological polar surface area (TPSA) is 95.5 Å². The molecule has 0 heterocycles. The summed E-state index contributed by atoms with van der Waals surface area (Å²) in [5.41, 5.74) is 0.562. The monoisotopic (exact) mass is 340 g/mol. The fourth-order valence-electron chi connectivity index (χ4n) is 2.15. The van der Waals surface area contributed by atoms with E-state index in [1.165, 1.54) is 12.1 Å². The summed E-state index contributed by atoms with van der Waals surface area (Å²) in [7, 11) is -3.60. The Hall–Kier alpha value is -1.44. The van der Waals surface area contributed by atoms with E-state index < -0.39 is 16.1 Å². The molecule has 1 aliphatic carbocycles. The van der Waals surface area contributed by atoms with Crippen LogP contribution < -0.4 is 10.0 Å². The first-order valence-corrected chi connectivity index (χ1v) is 9.36. The summed E-state index contributed by atoms with van der Waals surface area (Å²) >= 11 is 0. The van der Waals surface area contributed by atoms with E-state index >= 15 is 0 Å². The predicted molar refractivity (Wildman–Crippen MR) is 88.4 cm³/mol. The summed E-state index contributed by atoms with van der Waals surface area (Å²) in [4.78, 5) is 11.7. The number of carbonyl (C=O) groups excluding carboxylic acids is 1. The average molecular weight is 340 g/mol. The Labute approximate surface area is 137 Å². The largest absolute Gasteiger partial charge is 0.393 e. The van der Waals surface area contributed by atoms with E-state index in [0.29, 0.717) is 18.0 Å². The molecule has 23 heavy (non-hydrogen) atoms. The van der Waals surface area contributed by atoms with Crippen LogP contribution in [0.1, 0.15) is 33.1 Å². The lowest BCUT2D eigenvalue weighted by molar-refractivity contribution is -0.118. The normalized spacial score (nSPS) is 16.3. The third-order valence-corrected chi connectivity index (χ3v) is 5.33. The molecule has 3 N–H and O–H groups in total. The highest BCUT2D eigenvalue weighted by molar-refractivity contribution is 7.89. The van der Waals surface area contributed by atoms with Crippen molar-refractivity contribution in [1.29, 1.82) is 0 Å². The van der Waals surface area contributed by atoms with Gasteiger partial charge in [-0.05, 0) is 49.4 Å². The highest BCUT2D eigenvalue weighted by Crippen LogP contribution is 2.33. The van der Waals surface area contributed by atoms with Crippen molar-refractivity contribution in [2.45, 2.75) is 44.1 Å². The molecule has 128 valence electrons. The van der Waals surface area contributed by atoms with Crippen LogP contribution in [0.25, 0.3) is 0 Å². The van der Waals surface area contributed by atoms with Crippen molar-refractivity contribution in [3.05, 3.63) is 24.3 Å². The Morgan fingerprint density at radius 3 is 2.39 bits per heavy atom. The molecule has 0 saturated heterocycles. The number of hydrogen-bond donors (Lipinski definition) is 3. The molecule has 1 aromatic rings. The van der Waals surface area contributed by atoms with Crippen LogP contribution in [0, 0.1) is 11.8 Å². The number of aliphatic hydroxyl groups excluding tert-OH is 1. The van der Waals surface area contributed by atoms with Gasteiger partial charge in [0.15, 0.2) is 0 Å². The molecule has 1 saturated carbocycles. The van der Waals surface area contributed by atoms with Crippen molar-refractivity contribution in [2.75, 3.05) is 11.9 Å². The van der Waals surface area contributed by atoms with Crippen molar-refractivity contribution in [3.63, 3.8) is 0 Å². The highest BCUT2D eigenvalue weighted by atomic mass is 32.2. The summed E-state index contributed by atoms with van der Waals surface area (Å²) in [5.74, 6) is 0.0779. The second-order valence-corrected chi connectivity index (χ2v) is 8.03.